The van der Waals surface area contributed by atoms with Gasteiger partial charge < -0.3 is 5.32 Å². The molecule has 1 aliphatic rings. The Hall–Kier alpha value is -2.02. The molecule has 0 radical (unpaired) electrons. The van der Waals surface area contributed by atoms with E-state index in [0.717, 1.165) is 18.4 Å². The van der Waals surface area contributed by atoms with E-state index < -0.39 is 10.0 Å². The molecule has 0 aliphatic carbocycles. The van der Waals surface area contributed by atoms with Gasteiger partial charge >= 0.3 is 0 Å². The molecule has 0 aromatic heterocycles. The van der Waals surface area contributed by atoms with Crippen LogP contribution in [0.3, 0.4) is 0 Å². The maximum atomic E-state index is 12.6. The van der Waals surface area contributed by atoms with E-state index in [2.05, 4.69) is 5.32 Å². The first-order chi connectivity index (χ1) is 12.5. The highest BCUT2D eigenvalue weighted by Crippen LogP contribution is 2.21. The Morgan fingerprint density at radius 1 is 1.08 bits per heavy atom. The molecule has 5 nitrogen and oxygen atoms in total. The van der Waals surface area contributed by atoms with Gasteiger partial charge in [0.15, 0.2) is 5.78 Å². The molecule has 1 aliphatic heterocycles. The van der Waals surface area contributed by atoms with Gasteiger partial charge in [0.2, 0.25) is 10.0 Å². The lowest BCUT2D eigenvalue weighted by Crippen LogP contribution is -2.28. The first-order valence-electron chi connectivity index (χ1n) is 8.86. The van der Waals surface area contributed by atoms with Crippen molar-refractivity contribution in [2.45, 2.75) is 31.2 Å². The number of rotatable bonds is 7. The minimum atomic E-state index is -3.50. The summed E-state index contributed by atoms with van der Waals surface area (Å²) in [5.74, 6) is -0.115. The molecular weight excluding hydrogens is 348 g/mol. The summed E-state index contributed by atoms with van der Waals surface area (Å²) in [5.41, 5.74) is 2.72. The first kappa shape index (κ1) is 18.8. The van der Waals surface area contributed by atoms with Gasteiger partial charge in [-0.1, -0.05) is 42.0 Å². The Labute approximate surface area is 155 Å². The second kappa shape index (κ2) is 8.12. The van der Waals surface area contributed by atoms with Gasteiger partial charge in [0.25, 0.3) is 0 Å². The highest BCUT2D eigenvalue weighted by Gasteiger charge is 2.27. The number of hydrogen-bond acceptors (Lipinski definition) is 4. The Bertz CT molecular complexity index is 870. The molecule has 1 N–H and O–H groups in total. The molecule has 2 aromatic carbocycles. The molecule has 1 saturated heterocycles. The number of aryl methyl sites for hydroxylation is 1. The zero-order valence-electron chi connectivity index (χ0n) is 14.9. The van der Waals surface area contributed by atoms with Gasteiger partial charge in [0, 0.05) is 25.2 Å². The minimum absolute atomic E-state index is 0.115. The molecule has 2 aromatic rings. The van der Waals surface area contributed by atoms with Gasteiger partial charge in [-0.05, 0) is 37.5 Å². The predicted octanol–water partition coefficient (Wildman–Crippen LogP) is 2.75. The van der Waals surface area contributed by atoms with Crippen LogP contribution in [0, 0.1) is 6.92 Å². The summed E-state index contributed by atoms with van der Waals surface area (Å²) in [6, 6.07) is 14.5. The van der Waals surface area contributed by atoms with Crippen LogP contribution < -0.4 is 5.32 Å². The molecule has 0 atom stereocenters. The fourth-order valence-electron chi connectivity index (χ4n) is 3.04. The van der Waals surface area contributed by atoms with Crippen molar-refractivity contribution in [3.8, 4) is 0 Å². The number of Topliss-reactive ketones (excluding diaryl/α,β-unsaturated/α-hetero) is 1. The average molecular weight is 372 g/mol. The third kappa shape index (κ3) is 4.38. The smallest absolute Gasteiger partial charge is 0.243 e. The zero-order valence-corrected chi connectivity index (χ0v) is 15.8. The zero-order chi connectivity index (χ0) is 18.6. The lowest BCUT2D eigenvalue weighted by molar-refractivity contribution is 0.0990. The minimum Gasteiger partial charge on any atom is -0.306 e. The quantitative estimate of drug-likeness (QED) is 0.759. The van der Waals surface area contributed by atoms with E-state index in [1.54, 1.807) is 18.2 Å². The molecule has 0 amide bonds. The SMILES string of the molecule is Cc1ccc(CNCC(=O)c2cccc(S(=O)(=O)N3CCCC3)c2)cc1. The summed E-state index contributed by atoms with van der Waals surface area (Å²) >= 11 is 0. The van der Waals surface area contributed by atoms with Crippen LogP contribution in [0.2, 0.25) is 0 Å². The predicted molar refractivity (Wildman–Crippen MR) is 102 cm³/mol. The van der Waals surface area contributed by atoms with Crippen molar-refractivity contribution in [1.82, 2.24) is 9.62 Å². The van der Waals surface area contributed by atoms with Crippen LogP contribution in [0.15, 0.2) is 53.4 Å². The Morgan fingerprint density at radius 2 is 1.77 bits per heavy atom. The van der Waals surface area contributed by atoms with Crippen molar-refractivity contribution >= 4 is 15.8 Å². The maximum absolute atomic E-state index is 12.6. The molecule has 26 heavy (non-hydrogen) atoms. The summed E-state index contributed by atoms with van der Waals surface area (Å²) in [4.78, 5) is 12.6. The number of ketones is 1. The van der Waals surface area contributed by atoms with Crippen molar-refractivity contribution in [2.24, 2.45) is 0 Å². The van der Waals surface area contributed by atoms with Crippen LogP contribution in [0.5, 0.6) is 0 Å². The largest absolute Gasteiger partial charge is 0.306 e. The van der Waals surface area contributed by atoms with Gasteiger partial charge in [0.1, 0.15) is 0 Å². The van der Waals surface area contributed by atoms with E-state index in [1.165, 1.54) is 15.9 Å². The average Bonchev–Trinajstić information content (AvgIpc) is 3.19. The van der Waals surface area contributed by atoms with Crippen LogP contribution in [-0.2, 0) is 16.6 Å². The molecule has 0 bridgehead atoms. The van der Waals surface area contributed by atoms with Gasteiger partial charge in [-0.25, -0.2) is 8.42 Å². The Balaban J connectivity index is 1.63. The van der Waals surface area contributed by atoms with Crippen molar-refractivity contribution in [3.63, 3.8) is 0 Å². The molecule has 0 unspecified atom stereocenters. The molecule has 6 heteroatoms. The Kier molecular flexibility index (Phi) is 5.86. The van der Waals surface area contributed by atoms with E-state index >= 15 is 0 Å². The highest BCUT2D eigenvalue weighted by molar-refractivity contribution is 7.89. The third-order valence-corrected chi connectivity index (χ3v) is 6.49. The number of hydrogen-bond donors (Lipinski definition) is 1. The topological polar surface area (TPSA) is 66.5 Å². The monoisotopic (exact) mass is 372 g/mol. The van der Waals surface area contributed by atoms with Crippen molar-refractivity contribution < 1.29 is 13.2 Å². The highest BCUT2D eigenvalue weighted by atomic mass is 32.2. The van der Waals surface area contributed by atoms with Crippen LogP contribution in [0.1, 0.15) is 34.3 Å². The van der Waals surface area contributed by atoms with Gasteiger partial charge in [-0.3, -0.25) is 4.79 Å². The summed E-state index contributed by atoms with van der Waals surface area (Å²) in [7, 11) is -3.50. The second-order valence-corrected chi connectivity index (χ2v) is 8.59. The molecule has 1 heterocycles. The number of benzene rings is 2. The lowest BCUT2D eigenvalue weighted by atomic mass is 10.1. The van der Waals surface area contributed by atoms with E-state index in [-0.39, 0.29) is 17.2 Å². The number of carbonyl (C=O) groups is 1. The normalized spacial score (nSPS) is 15.3. The fraction of sp³-hybridized carbons (Fsp3) is 0.350. The van der Waals surface area contributed by atoms with Crippen LogP contribution in [-0.4, -0.2) is 38.1 Å². The van der Waals surface area contributed by atoms with Gasteiger partial charge in [-0.2, -0.15) is 4.31 Å². The standard InChI is InChI=1S/C20H24N2O3S/c1-16-7-9-17(10-8-16)14-21-15-20(23)18-5-4-6-19(13-18)26(24,25)22-11-2-3-12-22/h4-10,13,21H,2-3,11-12,14-15H2,1H3. The number of nitrogens with one attached hydrogen (secondary N) is 1. The fourth-order valence-corrected chi connectivity index (χ4v) is 4.60. The van der Waals surface area contributed by atoms with E-state index in [0.29, 0.717) is 25.2 Å². The maximum Gasteiger partial charge on any atom is 0.243 e. The molecule has 0 spiro atoms. The molecule has 138 valence electrons. The van der Waals surface area contributed by atoms with Crippen LogP contribution in [0.4, 0.5) is 0 Å². The van der Waals surface area contributed by atoms with Crippen LogP contribution >= 0.6 is 0 Å². The number of nitrogens with zero attached hydrogens (tertiary/aromatic N) is 1. The van der Waals surface area contributed by atoms with E-state index in [1.807, 2.05) is 31.2 Å². The molecule has 1 fully saturated rings. The van der Waals surface area contributed by atoms with Crippen molar-refractivity contribution in [3.05, 3.63) is 65.2 Å². The lowest BCUT2D eigenvalue weighted by Gasteiger charge is -2.16. The van der Waals surface area contributed by atoms with Gasteiger partial charge in [0.05, 0.1) is 11.4 Å². The van der Waals surface area contributed by atoms with Crippen molar-refractivity contribution in [2.75, 3.05) is 19.6 Å². The summed E-state index contributed by atoms with van der Waals surface area (Å²) < 4.78 is 26.8. The third-order valence-electron chi connectivity index (χ3n) is 4.59. The van der Waals surface area contributed by atoms with Crippen molar-refractivity contribution in [1.29, 1.82) is 0 Å². The van der Waals surface area contributed by atoms with E-state index in [9.17, 15) is 13.2 Å². The Morgan fingerprint density at radius 3 is 2.46 bits per heavy atom. The molecule has 3 rings (SSSR count). The summed E-state index contributed by atoms with van der Waals surface area (Å²) in [6.45, 7) is 3.90. The second-order valence-electron chi connectivity index (χ2n) is 6.65. The number of carbonyl (C=O) groups excluding carboxylic acids is 1. The van der Waals surface area contributed by atoms with E-state index in [4.69, 9.17) is 0 Å². The molecule has 0 saturated carbocycles. The summed E-state index contributed by atoms with van der Waals surface area (Å²) in [5, 5.41) is 3.12. The van der Waals surface area contributed by atoms with Gasteiger partial charge in [-0.15, -0.1) is 0 Å². The summed E-state index contributed by atoms with van der Waals surface area (Å²) in [6.07, 6.45) is 1.78. The molecular formula is C20H24N2O3S. The first-order valence-corrected chi connectivity index (χ1v) is 10.3. The number of sulfonamides is 1. The van der Waals surface area contributed by atoms with Crippen LogP contribution in [0.25, 0.3) is 0 Å².